The van der Waals surface area contributed by atoms with Crippen molar-refractivity contribution in [2.75, 3.05) is 0 Å². The summed E-state index contributed by atoms with van der Waals surface area (Å²) in [6, 6.07) is 0. The quantitative estimate of drug-likeness (QED) is 0.286. The van der Waals surface area contributed by atoms with Crippen LogP contribution in [0, 0.1) is 0 Å². The van der Waals surface area contributed by atoms with Gasteiger partial charge in [-0.05, 0) is 19.9 Å². The van der Waals surface area contributed by atoms with Crippen LogP contribution in [0.15, 0.2) is 41.2 Å². The van der Waals surface area contributed by atoms with Gasteiger partial charge in [-0.15, -0.1) is 0 Å². The Labute approximate surface area is 73.1 Å². The molecule has 4 N–H and O–H groups in total. The van der Waals surface area contributed by atoms with E-state index in [1.807, 2.05) is 19.1 Å². The minimum atomic E-state index is 0.605. The van der Waals surface area contributed by atoms with Crippen LogP contribution < -0.4 is 11.6 Å². The Morgan fingerprint density at radius 1 is 1.50 bits per heavy atom. The molecule has 3 heteroatoms. The summed E-state index contributed by atoms with van der Waals surface area (Å²) < 4.78 is 0. The van der Waals surface area contributed by atoms with Crippen molar-refractivity contribution in [3.05, 3.63) is 36.1 Å². The Morgan fingerprint density at radius 2 is 2.08 bits per heavy atom. The molecular formula is C9H15N3. The second kappa shape index (κ2) is 5.18. The third-order valence-corrected chi connectivity index (χ3v) is 1.37. The maximum absolute atomic E-state index is 5.62. The summed E-state index contributed by atoms with van der Waals surface area (Å²) in [5.74, 6) is 5.15. The molecule has 0 saturated carbocycles. The highest BCUT2D eigenvalue weighted by molar-refractivity contribution is 6.10. The topological polar surface area (TPSA) is 64.4 Å². The predicted molar refractivity (Wildman–Crippen MR) is 53.5 cm³/mol. The fourth-order valence-electron chi connectivity index (χ4n) is 0.818. The fourth-order valence-corrected chi connectivity index (χ4v) is 0.818. The lowest BCUT2D eigenvalue weighted by Gasteiger charge is -2.02. The number of allylic oxidation sites excluding steroid dienone is 5. The van der Waals surface area contributed by atoms with E-state index in [-0.39, 0.29) is 0 Å². The zero-order chi connectivity index (χ0) is 9.56. The summed E-state index contributed by atoms with van der Waals surface area (Å²) in [7, 11) is 0. The van der Waals surface area contributed by atoms with Crippen LogP contribution in [-0.2, 0) is 0 Å². The van der Waals surface area contributed by atoms with E-state index in [9.17, 15) is 0 Å². The van der Waals surface area contributed by atoms with E-state index in [2.05, 4.69) is 11.7 Å². The van der Waals surface area contributed by atoms with E-state index in [4.69, 9.17) is 11.6 Å². The summed E-state index contributed by atoms with van der Waals surface area (Å²) in [6.07, 6.45) is 5.30. The number of nitrogens with two attached hydrogens (primary N) is 2. The average molecular weight is 165 g/mol. The molecule has 0 saturated heterocycles. The third-order valence-electron chi connectivity index (χ3n) is 1.37. The molecule has 0 fully saturated rings. The van der Waals surface area contributed by atoms with Crippen molar-refractivity contribution in [3.63, 3.8) is 0 Å². The van der Waals surface area contributed by atoms with Crippen LogP contribution >= 0.6 is 0 Å². The Kier molecular flexibility index (Phi) is 4.53. The summed E-state index contributed by atoms with van der Waals surface area (Å²) in [4.78, 5) is 0. The van der Waals surface area contributed by atoms with Gasteiger partial charge < -0.3 is 11.6 Å². The lowest BCUT2D eigenvalue weighted by Crippen LogP contribution is -2.07. The molecule has 0 amide bonds. The van der Waals surface area contributed by atoms with E-state index in [1.165, 1.54) is 0 Å². The van der Waals surface area contributed by atoms with Gasteiger partial charge in [0.2, 0.25) is 0 Å². The minimum Gasteiger partial charge on any atom is -0.402 e. The number of hydrogen-bond acceptors (Lipinski definition) is 3. The van der Waals surface area contributed by atoms with Crippen LogP contribution in [-0.4, -0.2) is 5.71 Å². The normalized spacial score (nSPS) is 14.7. The van der Waals surface area contributed by atoms with Crippen LogP contribution in [0.4, 0.5) is 0 Å². The maximum Gasteiger partial charge on any atom is 0.0910 e. The number of hydrogen-bond donors (Lipinski definition) is 2. The molecule has 0 heterocycles. The second-order valence-corrected chi connectivity index (χ2v) is 2.32. The third kappa shape index (κ3) is 2.62. The molecular weight excluding hydrogens is 150 g/mol. The first kappa shape index (κ1) is 10.5. The average Bonchev–Trinajstić information content (AvgIpc) is 2.05. The molecule has 0 spiro atoms. The molecule has 66 valence electrons. The summed E-state index contributed by atoms with van der Waals surface area (Å²) >= 11 is 0. The molecule has 0 aliphatic heterocycles. The molecule has 0 aliphatic carbocycles. The highest BCUT2D eigenvalue weighted by Gasteiger charge is 2.00. The molecule has 3 nitrogen and oxygen atoms in total. The highest BCUT2D eigenvalue weighted by Crippen LogP contribution is 2.04. The molecule has 0 radical (unpaired) electrons. The van der Waals surface area contributed by atoms with Crippen LogP contribution in [0.3, 0.4) is 0 Å². The van der Waals surface area contributed by atoms with Gasteiger partial charge in [-0.1, -0.05) is 18.7 Å². The Hall–Kier alpha value is -1.51. The fraction of sp³-hybridized carbons (Fsp3) is 0.222. The highest BCUT2D eigenvalue weighted by atomic mass is 15.1. The van der Waals surface area contributed by atoms with Crippen molar-refractivity contribution in [2.45, 2.75) is 13.8 Å². The van der Waals surface area contributed by atoms with E-state index >= 15 is 0 Å². The van der Waals surface area contributed by atoms with E-state index in [0.29, 0.717) is 11.4 Å². The van der Waals surface area contributed by atoms with Crippen LogP contribution in [0.5, 0.6) is 0 Å². The smallest absolute Gasteiger partial charge is 0.0910 e. The maximum atomic E-state index is 5.62. The Balaban J connectivity index is 5.01. The van der Waals surface area contributed by atoms with Crippen molar-refractivity contribution in [2.24, 2.45) is 16.7 Å². The van der Waals surface area contributed by atoms with E-state index in [1.54, 1.807) is 13.0 Å². The molecule has 0 aromatic carbocycles. The lowest BCUT2D eigenvalue weighted by atomic mass is 10.1. The molecule has 0 atom stereocenters. The van der Waals surface area contributed by atoms with Gasteiger partial charge in [0.15, 0.2) is 0 Å². The Bertz CT molecular complexity index is 242. The lowest BCUT2D eigenvalue weighted by molar-refractivity contribution is 1.23. The second-order valence-electron chi connectivity index (χ2n) is 2.32. The molecule has 0 bridgehead atoms. The largest absolute Gasteiger partial charge is 0.402 e. The zero-order valence-corrected chi connectivity index (χ0v) is 7.54. The first-order valence-electron chi connectivity index (χ1n) is 3.67. The van der Waals surface area contributed by atoms with Gasteiger partial charge in [-0.2, -0.15) is 5.10 Å². The summed E-state index contributed by atoms with van der Waals surface area (Å²) in [5.41, 5.74) is 7.72. The van der Waals surface area contributed by atoms with Crippen LogP contribution in [0.2, 0.25) is 0 Å². The number of nitrogens with zero attached hydrogens (tertiary/aromatic N) is 1. The van der Waals surface area contributed by atoms with Gasteiger partial charge in [0.25, 0.3) is 0 Å². The first-order valence-corrected chi connectivity index (χ1v) is 3.67. The number of rotatable bonds is 3. The van der Waals surface area contributed by atoms with E-state index in [0.717, 1.165) is 5.57 Å². The SMILES string of the molecule is C=CC(=NN)C(/C=C\C)=C(/C)N. The van der Waals surface area contributed by atoms with Gasteiger partial charge in [-0.3, -0.25) is 0 Å². The van der Waals surface area contributed by atoms with Crippen LogP contribution in [0.1, 0.15) is 13.8 Å². The number of hydrazone groups is 1. The van der Waals surface area contributed by atoms with Crippen molar-refractivity contribution in [1.82, 2.24) is 0 Å². The van der Waals surface area contributed by atoms with Crippen molar-refractivity contribution in [3.8, 4) is 0 Å². The van der Waals surface area contributed by atoms with Gasteiger partial charge in [0, 0.05) is 11.3 Å². The summed E-state index contributed by atoms with van der Waals surface area (Å²) in [5, 5.41) is 3.56. The molecule has 0 aromatic rings. The van der Waals surface area contributed by atoms with Crippen molar-refractivity contribution < 1.29 is 0 Å². The molecule has 0 aromatic heterocycles. The van der Waals surface area contributed by atoms with Crippen LogP contribution in [0.25, 0.3) is 0 Å². The van der Waals surface area contributed by atoms with Crippen molar-refractivity contribution in [1.29, 1.82) is 0 Å². The Morgan fingerprint density at radius 3 is 2.33 bits per heavy atom. The molecule has 0 unspecified atom stereocenters. The standard InChI is InChI=1S/C9H15N3/c1-4-6-8(7(3)10)9(5-2)12-11/h4-6H,2,10-11H2,1,3H3/b6-4-,8-7-,12-9?. The molecule has 0 aliphatic rings. The minimum absolute atomic E-state index is 0.605. The first-order chi connectivity index (χ1) is 5.67. The predicted octanol–water partition coefficient (Wildman–Crippen LogP) is 1.30. The van der Waals surface area contributed by atoms with Gasteiger partial charge in [0.1, 0.15) is 0 Å². The van der Waals surface area contributed by atoms with E-state index < -0.39 is 0 Å². The zero-order valence-electron chi connectivity index (χ0n) is 7.54. The summed E-state index contributed by atoms with van der Waals surface area (Å²) in [6.45, 7) is 7.28. The van der Waals surface area contributed by atoms with Gasteiger partial charge in [-0.25, -0.2) is 0 Å². The molecule has 0 rings (SSSR count). The molecule has 12 heavy (non-hydrogen) atoms. The van der Waals surface area contributed by atoms with Crippen molar-refractivity contribution >= 4 is 5.71 Å². The van der Waals surface area contributed by atoms with Gasteiger partial charge >= 0.3 is 0 Å². The van der Waals surface area contributed by atoms with Gasteiger partial charge in [0.05, 0.1) is 5.71 Å². The monoisotopic (exact) mass is 165 g/mol.